The molecule has 0 aromatic heterocycles. The Morgan fingerprint density at radius 3 is 2.36 bits per heavy atom. The quantitative estimate of drug-likeness (QED) is 0.588. The number of nitrogens with one attached hydrogen (secondary N) is 1. The van der Waals surface area contributed by atoms with Crippen LogP contribution in [0.25, 0.3) is 0 Å². The van der Waals surface area contributed by atoms with E-state index in [4.69, 9.17) is 5.73 Å². The highest BCUT2D eigenvalue weighted by atomic mass is 19.1. The van der Waals surface area contributed by atoms with Crippen LogP contribution in [0, 0.1) is 23.5 Å². The van der Waals surface area contributed by atoms with Gasteiger partial charge in [0.1, 0.15) is 17.7 Å². The molecule has 7 nitrogen and oxygen atoms in total. The molecule has 1 aliphatic carbocycles. The third-order valence-electron chi connectivity index (χ3n) is 7.43. The molecule has 2 atom stereocenters. The lowest BCUT2D eigenvalue weighted by atomic mass is 9.81. The Morgan fingerprint density at radius 1 is 1.03 bits per heavy atom. The summed E-state index contributed by atoms with van der Waals surface area (Å²) in [6, 6.07) is 9.97. The van der Waals surface area contributed by atoms with Crippen LogP contribution in [0.3, 0.4) is 0 Å². The fourth-order valence-corrected chi connectivity index (χ4v) is 5.41. The van der Waals surface area contributed by atoms with E-state index in [0.29, 0.717) is 31.5 Å². The summed E-state index contributed by atoms with van der Waals surface area (Å²) in [6.45, 7) is 0.994. The molecular weight excluding hydrogens is 468 g/mol. The minimum Gasteiger partial charge on any atom is -0.465 e. The summed E-state index contributed by atoms with van der Waals surface area (Å²) in [7, 11) is 1.06. The van der Waals surface area contributed by atoms with Gasteiger partial charge in [0.05, 0.1) is 18.4 Å². The fraction of sp³-hybridized carbons (Fsp3) is 0.444. The SMILES string of the molecule is COC(=O)c1cc(F)c(NC(=O)[C@@H]2[C@@H](c3ccccc3)CCN2C(=O)[C@H]2CC[C@H](CN)CC2)cc1F. The van der Waals surface area contributed by atoms with E-state index < -0.39 is 40.8 Å². The maximum absolute atomic E-state index is 14.7. The van der Waals surface area contributed by atoms with E-state index in [2.05, 4.69) is 10.1 Å². The summed E-state index contributed by atoms with van der Waals surface area (Å²) in [5.74, 6) is -3.78. The third-order valence-corrected chi connectivity index (χ3v) is 7.43. The number of rotatable bonds is 6. The first-order valence-corrected chi connectivity index (χ1v) is 12.3. The van der Waals surface area contributed by atoms with Crippen LogP contribution in [-0.4, -0.2) is 48.9 Å². The summed E-state index contributed by atoms with van der Waals surface area (Å²) < 4.78 is 33.6. The Bertz CT molecular complexity index is 1120. The predicted molar refractivity (Wildman–Crippen MR) is 130 cm³/mol. The smallest absolute Gasteiger partial charge is 0.340 e. The zero-order valence-corrected chi connectivity index (χ0v) is 20.2. The maximum Gasteiger partial charge on any atom is 0.340 e. The van der Waals surface area contributed by atoms with Gasteiger partial charge in [-0.05, 0) is 56.2 Å². The molecule has 1 saturated heterocycles. The third kappa shape index (κ3) is 5.26. The number of halogens is 2. The lowest BCUT2D eigenvalue weighted by molar-refractivity contribution is -0.141. The van der Waals surface area contributed by atoms with Crippen molar-refractivity contribution in [2.24, 2.45) is 17.6 Å². The zero-order chi connectivity index (χ0) is 25.8. The molecule has 0 bridgehead atoms. The van der Waals surface area contributed by atoms with Gasteiger partial charge in [-0.25, -0.2) is 13.6 Å². The Labute approximate surface area is 209 Å². The fourth-order valence-electron chi connectivity index (χ4n) is 5.41. The van der Waals surface area contributed by atoms with E-state index in [1.807, 2.05) is 30.3 Å². The Morgan fingerprint density at radius 2 is 1.72 bits per heavy atom. The molecule has 1 saturated carbocycles. The molecular formula is C27H31F2N3O4. The molecule has 2 amide bonds. The maximum atomic E-state index is 14.7. The number of anilines is 1. The second kappa shape index (κ2) is 11.2. The highest BCUT2D eigenvalue weighted by Gasteiger charge is 2.44. The number of hydrogen-bond donors (Lipinski definition) is 2. The molecule has 2 aromatic carbocycles. The molecule has 3 N–H and O–H groups in total. The molecule has 0 unspecified atom stereocenters. The van der Waals surface area contributed by atoms with Gasteiger partial charge in [-0.2, -0.15) is 0 Å². The first-order chi connectivity index (χ1) is 17.3. The van der Waals surface area contributed by atoms with Gasteiger partial charge in [0.15, 0.2) is 0 Å². The summed E-state index contributed by atoms with van der Waals surface area (Å²) in [5.41, 5.74) is 5.71. The van der Waals surface area contributed by atoms with Crippen LogP contribution >= 0.6 is 0 Å². The number of nitrogens with zero attached hydrogens (tertiary/aromatic N) is 1. The lowest BCUT2D eigenvalue weighted by Crippen LogP contribution is -2.48. The van der Waals surface area contributed by atoms with Gasteiger partial charge in [0, 0.05) is 24.4 Å². The number of likely N-dealkylation sites (tertiary alicyclic amines) is 1. The van der Waals surface area contributed by atoms with E-state index in [9.17, 15) is 23.2 Å². The van der Waals surface area contributed by atoms with Gasteiger partial charge < -0.3 is 20.7 Å². The van der Waals surface area contributed by atoms with Crippen molar-refractivity contribution in [3.63, 3.8) is 0 Å². The number of hydrogen-bond acceptors (Lipinski definition) is 5. The van der Waals surface area contributed by atoms with Crippen molar-refractivity contribution in [2.45, 2.75) is 44.1 Å². The summed E-state index contributed by atoms with van der Waals surface area (Å²) >= 11 is 0. The van der Waals surface area contributed by atoms with E-state index in [1.165, 1.54) is 0 Å². The predicted octanol–water partition coefficient (Wildman–Crippen LogP) is 3.84. The van der Waals surface area contributed by atoms with Crippen molar-refractivity contribution in [1.29, 1.82) is 0 Å². The van der Waals surface area contributed by atoms with Crippen molar-refractivity contribution >= 4 is 23.5 Å². The minimum absolute atomic E-state index is 0.0863. The number of carbonyl (C=O) groups is 3. The van der Waals surface area contributed by atoms with E-state index in [1.54, 1.807) is 4.90 Å². The number of nitrogens with two attached hydrogens (primary N) is 1. The average molecular weight is 500 g/mol. The Balaban J connectivity index is 1.60. The van der Waals surface area contributed by atoms with Crippen LogP contribution in [0.5, 0.6) is 0 Å². The normalized spacial score (nSPS) is 23.8. The molecule has 0 spiro atoms. The van der Waals surface area contributed by atoms with E-state index in [0.717, 1.165) is 44.4 Å². The topological polar surface area (TPSA) is 102 Å². The summed E-state index contributed by atoms with van der Waals surface area (Å²) in [4.78, 5) is 40.3. The van der Waals surface area contributed by atoms with Gasteiger partial charge in [-0.3, -0.25) is 9.59 Å². The minimum atomic E-state index is -1.02. The van der Waals surface area contributed by atoms with Gasteiger partial charge in [-0.15, -0.1) is 0 Å². The Hall–Kier alpha value is -3.33. The number of ether oxygens (including phenoxy) is 1. The van der Waals surface area contributed by atoms with Gasteiger partial charge >= 0.3 is 5.97 Å². The highest BCUT2D eigenvalue weighted by molar-refractivity contribution is 5.99. The largest absolute Gasteiger partial charge is 0.465 e. The van der Waals surface area contributed by atoms with Crippen LogP contribution in [0.2, 0.25) is 0 Å². The molecule has 192 valence electrons. The molecule has 2 aliphatic rings. The molecule has 0 radical (unpaired) electrons. The number of amides is 2. The molecule has 1 heterocycles. The van der Waals surface area contributed by atoms with Crippen LogP contribution in [-0.2, 0) is 14.3 Å². The number of carbonyl (C=O) groups excluding carboxylic acids is 3. The van der Waals surface area contributed by atoms with Crippen molar-refractivity contribution in [1.82, 2.24) is 4.90 Å². The molecule has 2 aromatic rings. The second-order valence-electron chi connectivity index (χ2n) is 9.53. The van der Waals surface area contributed by atoms with Gasteiger partial charge in [-0.1, -0.05) is 30.3 Å². The molecule has 2 fully saturated rings. The van der Waals surface area contributed by atoms with E-state index in [-0.39, 0.29) is 17.7 Å². The summed E-state index contributed by atoms with van der Waals surface area (Å²) in [6.07, 6.45) is 3.75. The van der Waals surface area contributed by atoms with Gasteiger partial charge in [0.2, 0.25) is 11.8 Å². The number of esters is 1. The van der Waals surface area contributed by atoms with Crippen LogP contribution in [0.1, 0.15) is 53.9 Å². The van der Waals surface area contributed by atoms with Gasteiger partial charge in [0.25, 0.3) is 0 Å². The van der Waals surface area contributed by atoms with Crippen LogP contribution in [0.4, 0.5) is 14.5 Å². The van der Waals surface area contributed by atoms with E-state index >= 15 is 0 Å². The van der Waals surface area contributed by atoms with Crippen molar-refractivity contribution in [3.8, 4) is 0 Å². The number of methoxy groups -OCH3 is 1. The number of benzene rings is 2. The Kier molecular flexibility index (Phi) is 7.98. The average Bonchev–Trinajstić information content (AvgIpc) is 3.35. The zero-order valence-electron chi connectivity index (χ0n) is 20.2. The van der Waals surface area contributed by atoms with Crippen molar-refractivity contribution in [2.75, 3.05) is 25.5 Å². The van der Waals surface area contributed by atoms with Crippen LogP contribution in [0.15, 0.2) is 42.5 Å². The molecule has 4 rings (SSSR count). The molecule has 9 heteroatoms. The monoisotopic (exact) mass is 499 g/mol. The first-order valence-electron chi connectivity index (χ1n) is 12.3. The highest BCUT2D eigenvalue weighted by Crippen LogP contribution is 2.38. The van der Waals surface area contributed by atoms with Crippen molar-refractivity contribution in [3.05, 3.63) is 65.2 Å². The van der Waals surface area contributed by atoms with Crippen LogP contribution < -0.4 is 11.1 Å². The standard InChI is InChI=1S/C27H31F2N3O4/c1-36-27(35)20-13-22(29)23(14-21(20)28)31-25(33)24-19(17-5-3-2-4-6-17)11-12-32(24)26(34)18-9-7-16(15-30)8-10-18/h2-6,13-14,16,18-19,24H,7-12,15,30H2,1H3,(H,31,33)/t16-,18-,19-,24+/m1/s1. The van der Waals surface area contributed by atoms with Crippen molar-refractivity contribution < 1.29 is 27.9 Å². The second-order valence-corrected chi connectivity index (χ2v) is 9.53. The lowest BCUT2D eigenvalue weighted by Gasteiger charge is -2.33. The summed E-state index contributed by atoms with van der Waals surface area (Å²) in [5, 5.41) is 2.46. The first kappa shape index (κ1) is 25.8. The molecule has 1 aliphatic heterocycles. The molecule has 36 heavy (non-hydrogen) atoms.